The summed E-state index contributed by atoms with van der Waals surface area (Å²) >= 11 is 0. The van der Waals surface area contributed by atoms with Crippen LogP contribution in [0.5, 0.6) is 0 Å². The SMILES string of the molecule is COC(=O)CC[C@H]1CNCCO1. The number of morpholine rings is 1. The molecule has 0 saturated carbocycles. The molecule has 0 spiro atoms. The van der Waals surface area contributed by atoms with Crippen LogP contribution in [0.15, 0.2) is 0 Å². The molecule has 1 aliphatic heterocycles. The van der Waals surface area contributed by atoms with Crippen molar-refractivity contribution in [3.63, 3.8) is 0 Å². The molecule has 0 aromatic heterocycles. The summed E-state index contributed by atoms with van der Waals surface area (Å²) in [6.45, 7) is 2.50. The Labute approximate surface area is 72.2 Å². The number of hydrogen-bond acceptors (Lipinski definition) is 4. The molecule has 4 heteroatoms. The third-order valence-corrected chi connectivity index (χ3v) is 1.90. The van der Waals surface area contributed by atoms with Crippen LogP contribution in [-0.2, 0) is 14.3 Å². The summed E-state index contributed by atoms with van der Waals surface area (Å²) in [6, 6.07) is 0. The second kappa shape index (κ2) is 5.11. The van der Waals surface area contributed by atoms with Crippen molar-refractivity contribution < 1.29 is 14.3 Å². The first-order chi connectivity index (χ1) is 5.83. The number of methoxy groups -OCH3 is 1. The van der Waals surface area contributed by atoms with Gasteiger partial charge in [0.05, 0.1) is 19.8 Å². The lowest BCUT2D eigenvalue weighted by molar-refractivity contribution is -0.141. The molecule has 0 unspecified atom stereocenters. The third-order valence-electron chi connectivity index (χ3n) is 1.90. The molecule has 1 saturated heterocycles. The lowest BCUT2D eigenvalue weighted by Gasteiger charge is -2.22. The molecular weight excluding hydrogens is 158 g/mol. The Balaban J connectivity index is 2.09. The molecule has 70 valence electrons. The average Bonchev–Trinajstić information content (AvgIpc) is 2.16. The van der Waals surface area contributed by atoms with Gasteiger partial charge in [0.15, 0.2) is 0 Å². The van der Waals surface area contributed by atoms with Crippen molar-refractivity contribution in [1.29, 1.82) is 0 Å². The van der Waals surface area contributed by atoms with Gasteiger partial charge in [0.25, 0.3) is 0 Å². The van der Waals surface area contributed by atoms with Gasteiger partial charge in [-0.25, -0.2) is 0 Å². The second-order valence-corrected chi connectivity index (χ2v) is 2.81. The number of ether oxygens (including phenoxy) is 2. The van der Waals surface area contributed by atoms with Crippen molar-refractivity contribution in [3.8, 4) is 0 Å². The predicted octanol–water partition coefficient (Wildman–Crippen LogP) is -0.0720. The van der Waals surface area contributed by atoms with E-state index in [0.717, 1.165) is 26.1 Å². The molecule has 1 fully saturated rings. The van der Waals surface area contributed by atoms with E-state index >= 15 is 0 Å². The Kier molecular flexibility index (Phi) is 4.04. The van der Waals surface area contributed by atoms with Gasteiger partial charge in [0, 0.05) is 19.5 Å². The fourth-order valence-electron chi connectivity index (χ4n) is 1.19. The largest absolute Gasteiger partial charge is 0.469 e. The second-order valence-electron chi connectivity index (χ2n) is 2.81. The van der Waals surface area contributed by atoms with E-state index in [1.54, 1.807) is 0 Å². The zero-order valence-corrected chi connectivity index (χ0v) is 7.34. The Bertz CT molecular complexity index is 143. The van der Waals surface area contributed by atoms with Crippen LogP contribution in [-0.4, -0.2) is 38.9 Å². The van der Waals surface area contributed by atoms with E-state index in [4.69, 9.17) is 4.74 Å². The van der Waals surface area contributed by atoms with E-state index in [9.17, 15) is 4.79 Å². The number of carbonyl (C=O) groups is 1. The first-order valence-electron chi connectivity index (χ1n) is 4.22. The Morgan fingerprint density at radius 2 is 2.58 bits per heavy atom. The molecule has 1 heterocycles. The van der Waals surface area contributed by atoms with Gasteiger partial charge >= 0.3 is 5.97 Å². The van der Waals surface area contributed by atoms with Gasteiger partial charge in [-0.05, 0) is 6.42 Å². The molecular formula is C8H15NO3. The minimum atomic E-state index is -0.163. The van der Waals surface area contributed by atoms with E-state index in [1.807, 2.05) is 0 Å². The van der Waals surface area contributed by atoms with Gasteiger partial charge in [-0.15, -0.1) is 0 Å². The van der Waals surface area contributed by atoms with Crippen LogP contribution >= 0.6 is 0 Å². The van der Waals surface area contributed by atoms with Crippen molar-refractivity contribution in [1.82, 2.24) is 5.32 Å². The number of rotatable bonds is 3. The monoisotopic (exact) mass is 173 g/mol. The number of esters is 1. The van der Waals surface area contributed by atoms with Crippen LogP contribution in [0.3, 0.4) is 0 Å². The summed E-state index contributed by atoms with van der Waals surface area (Å²) in [4.78, 5) is 10.8. The zero-order valence-electron chi connectivity index (χ0n) is 7.34. The van der Waals surface area contributed by atoms with Gasteiger partial charge < -0.3 is 14.8 Å². The standard InChI is InChI=1S/C8H15NO3/c1-11-8(10)3-2-7-6-9-4-5-12-7/h7,9H,2-6H2,1H3/t7-/m0/s1. The highest BCUT2D eigenvalue weighted by atomic mass is 16.5. The van der Waals surface area contributed by atoms with Crippen LogP contribution in [0.2, 0.25) is 0 Å². The normalized spacial score (nSPS) is 23.6. The molecule has 0 aliphatic carbocycles. The van der Waals surface area contributed by atoms with E-state index in [-0.39, 0.29) is 12.1 Å². The molecule has 1 rings (SSSR count). The Morgan fingerprint density at radius 3 is 3.17 bits per heavy atom. The maximum absolute atomic E-state index is 10.8. The van der Waals surface area contributed by atoms with Crippen molar-refractivity contribution >= 4 is 5.97 Å². The van der Waals surface area contributed by atoms with Gasteiger partial charge in [-0.2, -0.15) is 0 Å². The van der Waals surface area contributed by atoms with Crippen molar-refractivity contribution in [2.45, 2.75) is 18.9 Å². The van der Waals surface area contributed by atoms with E-state index in [1.165, 1.54) is 7.11 Å². The molecule has 0 radical (unpaired) electrons. The fraction of sp³-hybridized carbons (Fsp3) is 0.875. The quantitative estimate of drug-likeness (QED) is 0.607. The van der Waals surface area contributed by atoms with Gasteiger partial charge in [0.1, 0.15) is 0 Å². The predicted molar refractivity (Wildman–Crippen MR) is 43.9 cm³/mol. The topological polar surface area (TPSA) is 47.6 Å². The first-order valence-corrected chi connectivity index (χ1v) is 4.22. The fourth-order valence-corrected chi connectivity index (χ4v) is 1.19. The Morgan fingerprint density at radius 1 is 1.75 bits per heavy atom. The summed E-state index contributed by atoms with van der Waals surface area (Å²) in [5, 5.41) is 3.20. The van der Waals surface area contributed by atoms with Crippen LogP contribution in [0.1, 0.15) is 12.8 Å². The molecule has 0 aromatic rings. The van der Waals surface area contributed by atoms with Crippen LogP contribution in [0, 0.1) is 0 Å². The Hall–Kier alpha value is -0.610. The number of carbonyl (C=O) groups excluding carboxylic acids is 1. The van der Waals surface area contributed by atoms with Gasteiger partial charge in [0.2, 0.25) is 0 Å². The summed E-state index contributed by atoms with van der Waals surface area (Å²) in [5.74, 6) is -0.163. The van der Waals surface area contributed by atoms with Crippen molar-refractivity contribution in [2.75, 3.05) is 26.8 Å². The van der Waals surface area contributed by atoms with Crippen LogP contribution < -0.4 is 5.32 Å². The third kappa shape index (κ3) is 3.19. The average molecular weight is 173 g/mol. The minimum Gasteiger partial charge on any atom is -0.469 e. The smallest absolute Gasteiger partial charge is 0.305 e. The summed E-state index contributed by atoms with van der Waals surface area (Å²) in [6.07, 6.45) is 1.38. The van der Waals surface area contributed by atoms with Gasteiger partial charge in [-0.3, -0.25) is 4.79 Å². The van der Waals surface area contributed by atoms with E-state index in [0.29, 0.717) is 6.42 Å². The summed E-state index contributed by atoms with van der Waals surface area (Å²) in [5.41, 5.74) is 0. The first kappa shape index (κ1) is 9.48. The van der Waals surface area contributed by atoms with Crippen LogP contribution in [0.4, 0.5) is 0 Å². The lowest BCUT2D eigenvalue weighted by Crippen LogP contribution is -2.38. The highest BCUT2D eigenvalue weighted by Gasteiger charge is 2.14. The molecule has 0 amide bonds. The minimum absolute atomic E-state index is 0.163. The molecule has 0 aromatic carbocycles. The maximum atomic E-state index is 10.8. The van der Waals surface area contributed by atoms with E-state index < -0.39 is 0 Å². The highest BCUT2D eigenvalue weighted by Crippen LogP contribution is 2.04. The molecule has 1 N–H and O–H groups in total. The maximum Gasteiger partial charge on any atom is 0.305 e. The molecule has 4 nitrogen and oxygen atoms in total. The molecule has 1 atom stereocenters. The zero-order chi connectivity index (χ0) is 8.81. The van der Waals surface area contributed by atoms with E-state index in [2.05, 4.69) is 10.1 Å². The highest BCUT2D eigenvalue weighted by molar-refractivity contribution is 5.69. The lowest BCUT2D eigenvalue weighted by atomic mass is 10.2. The van der Waals surface area contributed by atoms with Crippen molar-refractivity contribution in [3.05, 3.63) is 0 Å². The van der Waals surface area contributed by atoms with Crippen molar-refractivity contribution in [2.24, 2.45) is 0 Å². The number of nitrogens with one attached hydrogen (secondary N) is 1. The molecule has 1 aliphatic rings. The van der Waals surface area contributed by atoms with Crippen LogP contribution in [0.25, 0.3) is 0 Å². The summed E-state index contributed by atoms with van der Waals surface area (Å²) in [7, 11) is 1.41. The molecule has 0 bridgehead atoms. The number of hydrogen-bond donors (Lipinski definition) is 1. The summed E-state index contributed by atoms with van der Waals surface area (Å²) < 4.78 is 9.93. The van der Waals surface area contributed by atoms with Gasteiger partial charge in [-0.1, -0.05) is 0 Å². The molecule has 12 heavy (non-hydrogen) atoms.